The lowest BCUT2D eigenvalue weighted by molar-refractivity contribution is 0.593. The van der Waals surface area contributed by atoms with Crippen LogP contribution < -0.4 is 5.32 Å². The Bertz CT molecular complexity index is 526. The Balaban J connectivity index is 2.38. The summed E-state index contributed by atoms with van der Waals surface area (Å²) in [7, 11) is 0. The second kappa shape index (κ2) is 6.31. The molecule has 2 aromatic rings. The molecule has 2 rings (SSSR count). The highest BCUT2D eigenvalue weighted by Crippen LogP contribution is 2.29. The Morgan fingerprint density at radius 1 is 1.21 bits per heavy atom. The number of hydrogen-bond donors (Lipinski definition) is 1. The molecule has 0 spiro atoms. The van der Waals surface area contributed by atoms with E-state index in [-0.39, 0.29) is 6.04 Å². The lowest BCUT2D eigenvalue weighted by Gasteiger charge is -2.18. The average Bonchev–Trinajstić information content (AvgIpc) is 2.72. The van der Waals surface area contributed by atoms with Crippen LogP contribution in [0.25, 0.3) is 0 Å². The zero-order valence-corrected chi connectivity index (χ0v) is 13.0. The molecule has 1 aromatic carbocycles. The summed E-state index contributed by atoms with van der Waals surface area (Å²) in [6, 6.07) is 8.79. The minimum absolute atomic E-state index is 0.221. The van der Waals surface area contributed by atoms with E-state index in [2.05, 4.69) is 57.3 Å². The monoisotopic (exact) mass is 274 g/mol. The van der Waals surface area contributed by atoms with E-state index < -0.39 is 0 Å². The van der Waals surface area contributed by atoms with Crippen LogP contribution in [-0.2, 0) is 0 Å². The summed E-state index contributed by atoms with van der Waals surface area (Å²) in [4.78, 5) is 6.05. The predicted octanol–water partition coefficient (Wildman–Crippen LogP) is 4.16. The molecule has 1 unspecified atom stereocenters. The Labute approximate surface area is 119 Å². The maximum atomic E-state index is 4.74. The summed E-state index contributed by atoms with van der Waals surface area (Å²) in [5, 5.41) is 4.81. The van der Waals surface area contributed by atoms with Crippen molar-refractivity contribution in [1.82, 2.24) is 10.3 Å². The molecule has 3 heteroatoms. The zero-order chi connectivity index (χ0) is 13.8. The van der Waals surface area contributed by atoms with Gasteiger partial charge in [-0.15, -0.1) is 11.3 Å². The van der Waals surface area contributed by atoms with Gasteiger partial charge in [-0.2, -0.15) is 0 Å². The average molecular weight is 274 g/mol. The Hall–Kier alpha value is -1.19. The van der Waals surface area contributed by atoms with Gasteiger partial charge in [-0.25, -0.2) is 4.98 Å². The highest BCUT2D eigenvalue weighted by molar-refractivity contribution is 7.11. The molecular formula is C16H22N2S. The van der Waals surface area contributed by atoms with E-state index in [9.17, 15) is 0 Å². The van der Waals surface area contributed by atoms with Crippen LogP contribution in [0.3, 0.4) is 0 Å². The van der Waals surface area contributed by atoms with Crippen LogP contribution in [0.2, 0.25) is 0 Å². The van der Waals surface area contributed by atoms with Gasteiger partial charge in [0.1, 0.15) is 5.01 Å². The molecule has 0 saturated heterocycles. The van der Waals surface area contributed by atoms with Gasteiger partial charge in [-0.05, 0) is 44.9 Å². The minimum atomic E-state index is 0.221. The van der Waals surface area contributed by atoms with Gasteiger partial charge in [-0.3, -0.25) is 0 Å². The first-order chi connectivity index (χ1) is 9.13. The fourth-order valence-electron chi connectivity index (χ4n) is 2.15. The molecule has 0 aliphatic rings. The van der Waals surface area contributed by atoms with Gasteiger partial charge in [0, 0.05) is 4.88 Å². The van der Waals surface area contributed by atoms with Crippen molar-refractivity contribution < 1.29 is 0 Å². The summed E-state index contributed by atoms with van der Waals surface area (Å²) >= 11 is 1.80. The molecule has 0 saturated carbocycles. The van der Waals surface area contributed by atoms with E-state index >= 15 is 0 Å². The highest BCUT2D eigenvalue weighted by atomic mass is 32.1. The van der Waals surface area contributed by atoms with E-state index in [0.717, 1.165) is 18.7 Å². The third kappa shape index (κ3) is 3.23. The number of benzene rings is 1. The number of nitrogens with zero attached hydrogens (tertiary/aromatic N) is 1. The van der Waals surface area contributed by atoms with E-state index in [0.29, 0.717) is 0 Å². The van der Waals surface area contributed by atoms with Gasteiger partial charge in [0.2, 0.25) is 0 Å². The third-order valence-corrected chi connectivity index (χ3v) is 4.53. The molecule has 1 atom stereocenters. The molecule has 102 valence electrons. The number of nitrogens with one attached hydrogen (secondary N) is 1. The van der Waals surface area contributed by atoms with Gasteiger partial charge in [0.05, 0.1) is 11.7 Å². The van der Waals surface area contributed by atoms with Gasteiger partial charge >= 0.3 is 0 Å². The Morgan fingerprint density at radius 3 is 2.53 bits per heavy atom. The fraction of sp³-hybridized carbons (Fsp3) is 0.438. The van der Waals surface area contributed by atoms with Gasteiger partial charge in [0.25, 0.3) is 0 Å². The first kappa shape index (κ1) is 14.2. The lowest BCUT2D eigenvalue weighted by Crippen LogP contribution is -2.23. The molecule has 0 fully saturated rings. The molecule has 2 nitrogen and oxygen atoms in total. The standard InChI is InChI=1S/C16H22N2S/c1-5-10-17-15(14-9-7-6-8-11(14)2)16-18-12(3)13(4)19-16/h6-9,15,17H,5,10H2,1-4H3. The van der Waals surface area contributed by atoms with Crippen LogP contribution >= 0.6 is 11.3 Å². The normalized spacial score (nSPS) is 12.6. The SMILES string of the molecule is CCCNC(c1nc(C)c(C)s1)c1ccccc1C. The number of rotatable bonds is 5. The van der Waals surface area contributed by atoms with Crippen LogP contribution in [0.1, 0.15) is 46.1 Å². The van der Waals surface area contributed by atoms with Gasteiger partial charge in [-0.1, -0.05) is 31.2 Å². The summed E-state index contributed by atoms with van der Waals surface area (Å²) < 4.78 is 0. The smallest absolute Gasteiger partial charge is 0.115 e. The molecule has 0 amide bonds. The first-order valence-electron chi connectivity index (χ1n) is 6.86. The molecule has 0 bridgehead atoms. The number of aromatic nitrogens is 1. The maximum Gasteiger partial charge on any atom is 0.115 e. The van der Waals surface area contributed by atoms with Crippen LogP contribution in [-0.4, -0.2) is 11.5 Å². The van der Waals surface area contributed by atoms with Crippen molar-refractivity contribution in [2.24, 2.45) is 0 Å². The summed E-state index contributed by atoms with van der Waals surface area (Å²) in [6.45, 7) is 9.61. The maximum absolute atomic E-state index is 4.74. The van der Waals surface area contributed by atoms with Crippen molar-refractivity contribution in [1.29, 1.82) is 0 Å². The predicted molar refractivity (Wildman–Crippen MR) is 82.9 cm³/mol. The number of thiazole rings is 1. The van der Waals surface area contributed by atoms with E-state index in [1.54, 1.807) is 11.3 Å². The van der Waals surface area contributed by atoms with Gasteiger partial charge < -0.3 is 5.32 Å². The van der Waals surface area contributed by atoms with E-state index in [4.69, 9.17) is 4.98 Å². The molecule has 1 aromatic heterocycles. The molecule has 19 heavy (non-hydrogen) atoms. The zero-order valence-electron chi connectivity index (χ0n) is 12.2. The van der Waals surface area contributed by atoms with Crippen molar-refractivity contribution in [3.63, 3.8) is 0 Å². The van der Waals surface area contributed by atoms with Gasteiger partial charge in [0.15, 0.2) is 0 Å². The van der Waals surface area contributed by atoms with Crippen molar-refractivity contribution in [3.05, 3.63) is 51.0 Å². The van der Waals surface area contributed by atoms with Crippen LogP contribution in [0.4, 0.5) is 0 Å². The molecule has 1 heterocycles. The molecule has 0 radical (unpaired) electrons. The Kier molecular flexibility index (Phi) is 4.72. The van der Waals surface area contributed by atoms with E-state index in [1.807, 2.05) is 0 Å². The summed E-state index contributed by atoms with van der Waals surface area (Å²) in [6.07, 6.45) is 1.13. The third-order valence-electron chi connectivity index (χ3n) is 3.39. The van der Waals surface area contributed by atoms with Crippen LogP contribution in [0.5, 0.6) is 0 Å². The summed E-state index contributed by atoms with van der Waals surface area (Å²) in [5.41, 5.74) is 3.81. The second-order valence-corrected chi connectivity index (χ2v) is 6.17. The Morgan fingerprint density at radius 2 is 1.95 bits per heavy atom. The molecular weight excluding hydrogens is 252 g/mol. The number of aryl methyl sites for hydroxylation is 3. The minimum Gasteiger partial charge on any atom is -0.304 e. The second-order valence-electron chi connectivity index (χ2n) is 4.94. The molecule has 0 aliphatic carbocycles. The van der Waals surface area contributed by atoms with Crippen LogP contribution in [0.15, 0.2) is 24.3 Å². The number of hydrogen-bond acceptors (Lipinski definition) is 3. The van der Waals surface area contributed by atoms with Crippen molar-refractivity contribution in [3.8, 4) is 0 Å². The van der Waals surface area contributed by atoms with E-state index in [1.165, 1.54) is 21.0 Å². The lowest BCUT2D eigenvalue weighted by atomic mass is 10.0. The summed E-state index contributed by atoms with van der Waals surface area (Å²) in [5.74, 6) is 0. The molecule has 1 N–H and O–H groups in total. The molecule has 0 aliphatic heterocycles. The largest absolute Gasteiger partial charge is 0.304 e. The first-order valence-corrected chi connectivity index (χ1v) is 7.68. The van der Waals surface area contributed by atoms with Crippen LogP contribution in [0, 0.1) is 20.8 Å². The highest BCUT2D eigenvalue weighted by Gasteiger charge is 2.19. The van der Waals surface area contributed by atoms with Crippen molar-refractivity contribution in [2.45, 2.75) is 40.2 Å². The van der Waals surface area contributed by atoms with Crippen molar-refractivity contribution in [2.75, 3.05) is 6.54 Å². The van der Waals surface area contributed by atoms with Crippen molar-refractivity contribution >= 4 is 11.3 Å². The fourth-order valence-corrected chi connectivity index (χ4v) is 3.17. The topological polar surface area (TPSA) is 24.9 Å². The quantitative estimate of drug-likeness (QED) is 0.885.